The van der Waals surface area contributed by atoms with Crippen molar-refractivity contribution in [1.82, 2.24) is 34.8 Å². The molecule has 30 heavy (non-hydrogen) atoms. The van der Waals surface area contributed by atoms with Gasteiger partial charge in [0.2, 0.25) is 5.91 Å². The summed E-state index contributed by atoms with van der Waals surface area (Å²) < 4.78 is 3.48. The Morgan fingerprint density at radius 1 is 1.23 bits per heavy atom. The van der Waals surface area contributed by atoms with Crippen LogP contribution in [0.5, 0.6) is 0 Å². The number of halogens is 1. The number of aromatic nitrogens is 6. The number of nitrogens with zero attached hydrogens (tertiary/aromatic N) is 6. The van der Waals surface area contributed by atoms with Crippen LogP contribution in [-0.4, -0.2) is 41.2 Å². The minimum absolute atomic E-state index is 0.119. The highest BCUT2D eigenvalue weighted by atomic mass is 35.5. The van der Waals surface area contributed by atoms with E-state index in [0.717, 1.165) is 16.8 Å². The molecule has 0 spiro atoms. The Morgan fingerprint density at radius 2 is 2.13 bits per heavy atom. The fourth-order valence-corrected chi connectivity index (χ4v) is 3.71. The van der Waals surface area contributed by atoms with Crippen LogP contribution in [0.2, 0.25) is 5.02 Å². The van der Waals surface area contributed by atoms with E-state index in [4.69, 9.17) is 11.6 Å². The summed E-state index contributed by atoms with van der Waals surface area (Å²) in [5.41, 5.74) is 2.71. The SMILES string of the molecule is Cc1ccc(-n2cnnc2SCC(=O)NCc2cccnc2-n2cccn2)cc1Cl. The van der Waals surface area contributed by atoms with Gasteiger partial charge >= 0.3 is 0 Å². The van der Waals surface area contributed by atoms with Gasteiger partial charge in [-0.3, -0.25) is 9.36 Å². The molecule has 4 rings (SSSR count). The molecule has 4 aromatic rings. The quantitative estimate of drug-likeness (QED) is 0.444. The van der Waals surface area contributed by atoms with Gasteiger partial charge in [-0.25, -0.2) is 9.67 Å². The maximum atomic E-state index is 12.4. The van der Waals surface area contributed by atoms with E-state index in [-0.39, 0.29) is 11.7 Å². The average Bonchev–Trinajstić information content (AvgIpc) is 3.45. The van der Waals surface area contributed by atoms with Crippen LogP contribution in [0.15, 0.2) is 66.5 Å². The molecule has 8 nitrogen and oxygen atoms in total. The number of aryl methyl sites for hydroxylation is 1. The van der Waals surface area contributed by atoms with Crippen molar-refractivity contribution in [2.24, 2.45) is 0 Å². The highest BCUT2D eigenvalue weighted by Gasteiger charge is 2.12. The third kappa shape index (κ3) is 4.52. The van der Waals surface area contributed by atoms with E-state index >= 15 is 0 Å². The van der Waals surface area contributed by atoms with E-state index in [1.54, 1.807) is 28.0 Å². The third-order valence-corrected chi connectivity index (χ3v) is 5.70. The second kappa shape index (κ2) is 9.10. The van der Waals surface area contributed by atoms with Gasteiger partial charge in [0.05, 0.1) is 11.4 Å². The van der Waals surface area contributed by atoms with Crippen molar-refractivity contribution in [1.29, 1.82) is 0 Å². The molecule has 0 saturated carbocycles. The Hall–Kier alpha value is -3.17. The zero-order chi connectivity index (χ0) is 20.9. The third-order valence-electron chi connectivity index (χ3n) is 4.35. The maximum Gasteiger partial charge on any atom is 0.230 e. The van der Waals surface area contributed by atoms with Crippen molar-refractivity contribution in [2.75, 3.05) is 5.75 Å². The maximum absolute atomic E-state index is 12.4. The molecular weight excluding hydrogens is 422 g/mol. The minimum atomic E-state index is -0.119. The highest BCUT2D eigenvalue weighted by molar-refractivity contribution is 7.99. The molecule has 3 heterocycles. The number of amides is 1. The monoisotopic (exact) mass is 439 g/mol. The number of nitrogens with one attached hydrogen (secondary N) is 1. The fourth-order valence-electron chi connectivity index (χ4n) is 2.78. The van der Waals surface area contributed by atoms with E-state index < -0.39 is 0 Å². The second-order valence-corrected chi connectivity index (χ2v) is 7.77. The molecule has 1 aromatic carbocycles. The summed E-state index contributed by atoms with van der Waals surface area (Å²) in [5.74, 6) is 0.772. The van der Waals surface area contributed by atoms with Crippen molar-refractivity contribution in [3.63, 3.8) is 0 Å². The summed E-state index contributed by atoms with van der Waals surface area (Å²) in [5, 5.41) is 16.5. The Balaban J connectivity index is 1.38. The number of carbonyl (C=O) groups excluding carboxylic acids is 1. The van der Waals surface area contributed by atoms with Gasteiger partial charge < -0.3 is 5.32 Å². The number of pyridine rings is 1. The molecule has 10 heteroatoms. The Bertz CT molecular complexity index is 1160. The topological polar surface area (TPSA) is 90.5 Å². The number of carbonyl (C=O) groups is 1. The van der Waals surface area contributed by atoms with Gasteiger partial charge in [-0.05, 0) is 36.8 Å². The number of benzene rings is 1. The molecule has 0 radical (unpaired) electrons. The van der Waals surface area contributed by atoms with Crippen LogP contribution in [-0.2, 0) is 11.3 Å². The van der Waals surface area contributed by atoms with Crippen LogP contribution in [0.25, 0.3) is 11.5 Å². The van der Waals surface area contributed by atoms with Crippen LogP contribution in [0, 0.1) is 6.92 Å². The van der Waals surface area contributed by atoms with Gasteiger partial charge in [0.25, 0.3) is 0 Å². The molecule has 0 saturated heterocycles. The summed E-state index contributed by atoms with van der Waals surface area (Å²) in [6.45, 7) is 2.29. The molecule has 0 aliphatic heterocycles. The lowest BCUT2D eigenvalue weighted by atomic mass is 10.2. The molecule has 0 fully saturated rings. The Morgan fingerprint density at radius 3 is 2.93 bits per heavy atom. The van der Waals surface area contributed by atoms with Crippen molar-refractivity contribution in [2.45, 2.75) is 18.6 Å². The first-order chi connectivity index (χ1) is 14.6. The first-order valence-electron chi connectivity index (χ1n) is 9.12. The summed E-state index contributed by atoms with van der Waals surface area (Å²) in [6, 6.07) is 11.3. The van der Waals surface area contributed by atoms with Crippen LogP contribution in [0.3, 0.4) is 0 Å². The van der Waals surface area contributed by atoms with Crippen molar-refractivity contribution >= 4 is 29.3 Å². The average molecular weight is 440 g/mol. The van der Waals surface area contributed by atoms with Crippen molar-refractivity contribution in [3.05, 3.63) is 77.5 Å². The zero-order valence-electron chi connectivity index (χ0n) is 16.1. The molecule has 0 aliphatic rings. The van der Waals surface area contributed by atoms with E-state index in [1.807, 2.05) is 49.5 Å². The largest absolute Gasteiger partial charge is 0.351 e. The molecule has 0 atom stereocenters. The van der Waals surface area contributed by atoms with Crippen LogP contribution < -0.4 is 5.32 Å². The molecule has 152 valence electrons. The van der Waals surface area contributed by atoms with Gasteiger partial charge in [0.1, 0.15) is 6.33 Å². The smallest absolute Gasteiger partial charge is 0.230 e. The number of rotatable bonds is 7. The number of thioether (sulfide) groups is 1. The molecule has 3 aromatic heterocycles. The summed E-state index contributed by atoms with van der Waals surface area (Å²) in [6.07, 6.45) is 6.80. The van der Waals surface area contributed by atoms with E-state index in [2.05, 4.69) is 25.6 Å². The van der Waals surface area contributed by atoms with E-state index in [1.165, 1.54) is 11.8 Å². The first-order valence-corrected chi connectivity index (χ1v) is 10.5. The second-order valence-electron chi connectivity index (χ2n) is 6.42. The first kappa shape index (κ1) is 20.1. The zero-order valence-corrected chi connectivity index (χ0v) is 17.6. The van der Waals surface area contributed by atoms with Gasteiger partial charge in [0.15, 0.2) is 11.0 Å². The lowest BCUT2D eigenvalue weighted by Crippen LogP contribution is -2.25. The van der Waals surface area contributed by atoms with E-state index in [9.17, 15) is 4.79 Å². The Kier molecular flexibility index (Phi) is 6.10. The predicted molar refractivity (Wildman–Crippen MR) is 115 cm³/mol. The standard InChI is InChI=1S/C20H18ClN7OS/c1-14-5-6-16(10-17(14)21)27-13-24-26-20(27)30-12-18(29)23-11-15-4-2-7-22-19(15)28-9-3-8-25-28/h2-10,13H,11-12H2,1H3,(H,23,29). The predicted octanol–water partition coefficient (Wildman–Crippen LogP) is 3.22. The lowest BCUT2D eigenvalue weighted by molar-refractivity contribution is -0.118. The molecule has 0 aliphatic carbocycles. The summed E-state index contributed by atoms with van der Waals surface area (Å²) in [4.78, 5) is 16.8. The van der Waals surface area contributed by atoms with Gasteiger partial charge in [-0.15, -0.1) is 10.2 Å². The Labute approximate surface area is 182 Å². The fraction of sp³-hybridized carbons (Fsp3) is 0.150. The van der Waals surface area contributed by atoms with Gasteiger partial charge in [-0.1, -0.05) is 35.5 Å². The minimum Gasteiger partial charge on any atom is -0.351 e. The number of hydrogen-bond donors (Lipinski definition) is 1. The summed E-state index contributed by atoms with van der Waals surface area (Å²) in [7, 11) is 0. The molecule has 1 N–H and O–H groups in total. The van der Waals surface area contributed by atoms with Crippen LogP contribution in [0.1, 0.15) is 11.1 Å². The number of hydrogen-bond acceptors (Lipinski definition) is 6. The molecular formula is C20H18ClN7OS. The van der Waals surface area contributed by atoms with E-state index in [0.29, 0.717) is 22.5 Å². The molecule has 0 unspecified atom stereocenters. The molecule has 1 amide bonds. The van der Waals surface area contributed by atoms with Crippen molar-refractivity contribution < 1.29 is 4.79 Å². The molecule has 0 bridgehead atoms. The van der Waals surface area contributed by atoms with Gasteiger partial charge in [0, 0.05) is 35.7 Å². The lowest BCUT2D eigenvalue weighted by Gasteiger charge is -2.10. The highest BCUT2D eigenvalue weighted by Crippen LogP contribution is 2.23. The summed E-state index contributed by atoms with van der Waals surface area (Å²) >= 11 is 7.53. The van der Waals surface area contributed by atoms with Crippen molar-refractivity contribution in [3.8, 4) is 11.5 Å². The normalized spacial score (nSPS) is 10.9. The van der Waals surface area contributed by atoms with Gasteiger partial charge in [-0.2, -0.15) is 5.10 Å². The van der Waals surface area contributed by atoms with Crippen LogP contribution in [0.4, 0.5) is 0 Å². The van der Waals surface area contributed by atoms with Crippen LogP contribution >= 0.6 is 23.4 Å².